The van der Waals surface area contributed by atoms with Crippen LogP contribution in [0.4, 0.5) is 13.2 Å². The van der Waals surface area contributed by atoms with Crippen molar-refractivity contribution in [2.75, 3.05) is 0 Å². The van der Waals surface area contributed by atoms with Gasteiger partial charge in [0.2, 0.25) is 0 Å². The minimum absolute atomic E-state index is 0.643. The summed E-state index contributed by atoms with van der Waals surface area (Å²) >= 11 is 2.30. The van der Waals surface area contributed by atoms with Gasteiger partial charge in [-0.05, 0) is 86.8 Å². The van der Waals surface area contributed by atoms with Crippen molar-refractivity contribution in [2.24, 2.45) is 0 Å². The maximum atomic E-state index is 12.8. The summed E-state index contributed by atoms with van der Waals surface area (Å²) in [6, 6.07) is 29.8. The van der Waals surface area contributed by atoms with E-state index >= 15 is 0 Å². The van der Waals surface area contributed by atoms with Crippen molar-refractivity contribution in [2.45, 2.75) is 6.18 Å². The monoisotopic (exact) mass is 551 g/mol. The van der Waals surface area contributed by atoms with Crippen molar-refractivity contribution in [3.05, 3.63) is 112 Å². The Hall–Kier alpha value is -3.19. The highest BCUT2D eigenvalue weighted by atomic mass is 127. The summed E-state index contributed by atoms with van der Waals surface area (Å²) in [6.45, 7) is 0. The highest BCUT2D eigenvalue weighted by Crippen LogP contribution is 2.32. The lowest BCUT2D eigenvalue weighted by atomic mass is 9.99. The molecule has 1 heterocycles. The van der Waals surface area contributed by atoms with Gasteiger partial charge in [-0.1, -0.05) is 60.7 Å². The van der Waals surface area contributed by atoms with Crippen LogP contribution in [-0.4, -0.2) is 4.98 Å². The quantitative estimate of drug-likeness (QED) is 0.204. The Morgan fingerprint density at radius 1 is 0.545 bits per heavy atom. The SMILES string of the molecule is FC(F)(F)c1ccc(-c2ccc(-c3cnc4cc(-c5ccc(I)cc5)ccc4c3)cc2)cc1. The van der Waals surface area contributed by atoms with Crippen molar-refractivity contribution in [3.8, 4) is 33.4 Å². The molecule has 0 saturated heterocycles. The van der Waals surface area contributed by atoms with Crippen molar-refractivity contribution in [1.29, 1.82) is 0 Å². The molecule has 1 aromatic heterocycles. The standard InChI is InChI=1S/C28H17F3IN/c29-28(30,31)25-11-7-19(8-12-25)18-1-3-21(4-2-18)24-15-23-6-5-22(16-27(23)33-17-24)20-9-13-26(32)14-10-20/h1-17H. The minimum atomic E-state index is -4.33. The molecule has 0 saturated carbocycles. The number of fused-ring (bicyclic) bond motifs is 1. The van der Waals surface area contributed by atoms with E-state index in [9.17, 15) is 13.2 Å². The smallest absolute Gasteiger partial charge is 0.256 e. The van der Waals surface area contributed by atoms with E-state index in [4.69, 9.17) is 0 Å². The average molecular weight is 551 g/mol. The number of hydrogen-bond acceptors (Lipinski definition) is 1. The van der Waals surface area contributed by atoms with E-state index < -0.39 is 11.7 Å². The molecule has 0 fully saturated rings. The number of benzene rings is 4. The topological polar surface area (TPSA) is 12.9 Å². The number of halogens is 4. The molecular formula is C28H17F3IN. The molecule has 0 N–H and O–H groups in total. The van der Waals surface area contributed by atoms with Gasteiger partial charge in [-0.25, -0.2) is 0 Å². The predicted molar refractivity (Wildman–Crippen MR) is 136 cm³/mol. The van der Waals surface area contributed by atoms with Crippen LogP contribution in [0.15, 0.2) is 103 Å². The lowest BCUT2D eigenvalue weighted by molar-refractivity contribution is -0.137. The van der Waals surface area contributed by atoms with Crippen LogP contribution >= 0.6 is 22.6 Å². The Morgan fingerprint density at radius 2 is 1.03 bits per heavy atom. The largest absolute Gasteiger partial charge is 0.416 e. The van der Waals surface area contributed by atoms with Crippen LogP contribution < -0.4 is 0 Å². The summed E-state index contributed by atoms with van der Waals surface area (Å²) in [5, 5.41) is 1.05. The number of alkyl halides is 3. The van der Waals surface area contributed by atoms with Gasteiger partial charge in [-0.15, -0.1) is 0 Å². The molecule has 1 nitrogen and oxygen atoms in total. The van der Waals surface area contributed by atoms with Crippen LogP contribution in [0.2, 0.25) is 0 Å². The number of nitrogens with zero attached hydrogens (tertiary/aromatic N) is 1. The molecule has 0 bridgehead atoms. The molecular weight excluding hydrogens is 534 g/mol. The second-order valence-corrected chi connectivity index (χ2v) is 9.04. The predicted octanol–water partition coefficient (Wildman–Crippen LogP) is 8.86. The fraction of sp³-hybridized carbons (Fsp3) is 0.0357. The van der Waals surface area contributed by atoms with E-state index in [2.05, 4.69) is 76.1 Å². The molecule has 0 atom stereocenters. The summed E-state index contributed by atoms with van der Waals surface area (Å²) in [7, 11) is 0. The third-order valence-corrected chi connectivity index (χ3v) is 6.34. The van der Waals surface area contributed by atoms with Gasteiger partial charge in [0.05, 0.1) is 11.1 Å². The van der Waals surface area contributed by atoms with Crippen LogP contribution in [0.1, 0.15) is 5.56 Å². The number of hydrogen-bond donors (Lipinski definition) is 0. The third-order valence-electron chi connectivity index (χ3n) is 5.63. The van der Waals surface area contributed by atoms with Crippen LogP contribution in [0, 0.1) is 3.57 Å². The van der Waals surface area contributed by atoms with Crippen LogP contribution in [0.5, 0.6) is 0 Å². The van der Waals surface area contributed by atoms with Gasteiger partial charge in [0, 0.05) is 20.7 Å². The van der Waals surface area contributed by atoms with Crippen LogP contribution in [0.25, 0.3) is 44.3 Å². The Balaban J connectivity index is 1.40. The fourth-order valence-electron chi connectivity index (χ4n) is 3.81. The van der Waals surface area contributed by atoms with Gasteiger partial charge >= 0.3 is 6.18 Å². The van der Waals surface area contributed by atoms with Gasteiger partial charge in [-0.3, -0.25) is 4.98 Å². The van der Waals surface area contributed by atoms with Crippen molar-refractivity contribution < 1.29 is 13.2 Å². The average Bonchev–Trinajstić information content (AvgIpc) is 2.83. The van der Waals surface area contributed by atoms with Gasteiger partial charge < -0.3 is 0 Å². The molecule has 0 aliphatic heterocycles. The lowest BCUT2D eigenvalue weighted by Crippen LogP contribution is -2.03. The summed E-state index contributed by atoms with van der Waals surface area (Å²) in [5.41, 5.74) is 6.16. The molecule has 0 amide bonds. The Bertz CT molecular complexity index is 1420. The van der Waals surface area contributed by atoms with Crippen LogP contribution in [0.3, 0.4) is 0 Å². The summed E-state index contributed by atoms with van der Waals surface area (Å²) in [5.74, 6) is 0. The van der Waals surface area contributed by atoms with E-state index in [1.807, 2.05) is 30.5 Å². The van der Waals surface area contributed by atoms with E-state index in [0.29, 0.717) is 0 Å². The third kappa shape index (κ3) is 4.64. The molecule has 5 aromatic rings. The maximum Gasteiger partial charge on any atom is 0.416 e. The zero-order valence-electron chi connectivity index (χ0n) is 17.3. The highest BCUT2D eigenvalue weighted by molar-refractivity contribution is 14.1. The molecule has 0 unspecified atom stereocenters. The highest BCUT2D eigenvalue weighted by Gasteiger charge is 2.29. The first kappa shape index (κ1) is 21.6. The first-order chi connectivity index (χ1) is 15.9. The first-order valence-corrected chi connectivity index (χ1v) is 11.4. The molecule has 162 valence electrons. The van der Waals surface area contributed by atoms with Gasteiger partial charge in [0.1, 0.15) is 0 Å². The van der Waals surface area contributed by atoms with E-state index in [1.54, 1.807) is 0 Å². The van der Waals surface area contributed by atoms with Crippen molar-refractivity contribution in [3.63, 3.8) is 0 Å². The molecule has 5 rings (SSSR count). The molecule has 0 spiro atoms. The summed E-state index contributed by atoms with van der Waals surface area (Å²) < 4.78 is 39.6. The van der Waals surface area contributed by atoms with Crippen LogP contribution in [-0.2, 0) is 6.18 Å². The second kappa shape index (κ2) is 8.63. The van der Waals surface area contributed by atoms with Crippen molar-refractivity contribution in [1.82, 2.24) is 4.98 Å². The first-order valence-electron chi connectivity index (χ1n) is 10.3. The number of pyridine rings is 1. The molecule has 0 aliphatic carbocycles. The lowest BCUT2D eigenvalue weighted by Gasteiger charge is -2.09. The minimum Gasteiger partial charge on any atom is -0.256 e. The van der Waals surface area contributed by atoms with E-state index in [-0.39, 0.29) is 0 Å². The second-order valence-electron chi connectivity index (χ2n) is 7.79. The Labute approximate surface area is 203 Å². The molecule has 4 aromatic carbocycles. The Morgan fingerprint density at radius 3 is 1.64 bits per heavy atom. The van der Waals surface area contributed by atoms with Crippen molar-refractivity contribution >= 4 is 33.5 Å². The van der Waals surface area contributed by atoms with E-state index in [0.717, 1.165) is 56.4 Å². The molecule has 5 heteroatoms. The van der Waals surface area contributed by atoms with Gasteiger partial charge in [0.25, 0.3) is 0 Å². The molecule has 0 radical (unpaired) electrons. The molecule has 33 heavy (non-hydrogen) atoms. The van der Waals surface area contributed by atoms with Gasteiger partial charge in [0.15, 0.2) is 0 Å². The van der Waals surface area contributed by atoms with E-state index in [1.165, 1.54) is 15.7 Å². The number of aromatic nitrogens is 1. The normalized spacial score (nSPS) is 11.6. The summed E-state index contributed by atoms with van der Waals surface area (Å²) in [4.78, 5) is 4.67. The maximum absolute atomic E-state index is 12.8. The summed E-state index contributed by atoms with van der Waals surface area (Å²) in [6.07, 6.45) is -2.47. The zero-order valence-corrected chi connectivity index (χ0v) is 19.4. The number of rotatable bonds is 3. The fourth-order valence-corrected chi connectivity index (χ4v) is 4.17. The molecule has 0 aliphatic rings. The zero-order chi connectivity index (χ0) is 23.0. The van der Waals surface area contributed by atoms with Gasteiger partial charge in [-0.2, -0.15) is 13.2 Å². The Kier molecular flexibility index (Phi) is 5.66.